The van der Waals surface area contributed by atoms with Gasteiger partial charge in [0, 0.05) is 17.1 Å². The van der Waals surface area contributed by atoms with E-state index < -0.39 is 16.1 Å². The van der Waals surface area contributed by atoms with Crippen molar-refractivity contribution in [1.82, 2.24) is 9.40 Å². The normalized spacial score (nSPS) is 12.3. The van der Waals surface area contributed by atoms with Crippen LogP contribution in [0.5, 0.6) is 0 Å². The van der Waals surface area contributed by atoms with Gasteiger partial charge >= 0.3 is 6.03 Å². The van der Waals surface area contributed by atoms with Crippen LogP contribution < -0.4 is 11.2 Å². The van der Waals surface area contributed by atoms with E-state index in [-0.39, 0.29) is 4.90 Å². The molecule has 2 amide bonds. The summed E-state index contributed by atoms with van der Waals surface area (Å²) in [5.74, 6) is 0. The highest BCUT2D eigenvalue weighted by Gasteiger charge is 2.22. The summed E-state index contributed by atoms with van der Waals surface area (Å²) in [5.41, 5.74) is 8.97. The van der Waals surface area contributed by atoms with Gasteiger partial charge in [-0.2, -0.15) is 5.10 Å². The van der Waals surface area contributed by atoms with E-state index in [9.17, 15) is 13.2 Å². The standard InChI is InChI=1S/C18H18N4O3S/c1-2-16(20-21-18(19)23)15-12-22(17-11-7-6-10-14(15)17)26(24,25)13-8-4-3-5-9-13/h3-12H,2H2,1H3,(H3,19,21,23)/b20-16-. The molecule has 0 atom stereocenters. The molecule has 0 fully saturated rings. The second-order valence-electron chi connectivity index (χ2n) is 5.56. The first kappa shape index (κ1) is 17.7. The third-order valence-corrected chi connectivity index (χ3v) is 5.61. The Morgan fingerprint density at radius 1 is 1.12 bits per heavy atom. The van der Waals surface area contributed by atoms with Crippen molar-refractivity contribution < 1.29 is 13.2 Å². The summed E-state index contributed by atoms with van der Waals surface area (Å²) in [6, 6.07) is 14.6. The number of para-hydroxylation sites is 1. The summed E-state index contributed by atoms with van der Waals surface area (Å²) in [6.45, 7) is 1.86. The Hall–Kier alpha value is -3.13. The number of rotatable bonds is 5. The van der Waals surface area contributed by atoms with Crippen molar-refractivity contribution in [2.75, 3.05) is 0 Å². The van der Waals surface area contributed by atoms with Crippen molar-refractivity contribution in [2.45, 2.75) is 18.2 Å². The van der Waals surface area contributed by atoms with Gasteiger partial charge in [0.25, 0.3) is 10.0 Å². The molecule has 1 aromatic heterocycles. The van der Waals surface area contributed by atoms with Gasteiger partial charge in [0.1, 0.15) is 0 Å². The van der Waals surface area contributed by atoms with Crippen LogP contribution in [0.3, 0.4) is 0 Å². The molecule has 3 aromatic rings. The van der Waals surface area contributed by atoms with Crippen molar-refractivity contribution in [1.29, 1.82) is 0 Å². The zero-order valence-electron chi connectivity index (χ0n) is 14.1. The number of nitrogens with zero attached hydrogens (tertiary/aromatic N) is 2. The lowest BCUT2D eigenvalue weighted by Gasteiger charge is -2.07. The quantitative estimate of drug-likeness (QED) is 0.532. The number of nitrogens with two attached hydrogens (primary N) is 1. The molecule has 0 aliphatic heterocycles. The number of fused-ring (bicyclic) bond motifs is 1. The van der Waals surface area contributed by atoms with Gasteiger partial charge in [-0.05, 0) is 24.6 Å². The Morgan fingerprint density at radius 3 is 2.42 bits per heavy atom. The summed E-state index contributed by atoms with van der Waals surface area (Å²) < 4.78 is 27.4. The molecule has 3 N–H and O–H groups in total. The van der Waals surface area contributed by atoms with Gasteiger partial charge in [-0.15, -0.1) is 0 Å². The topological polar surface area (TPSA) is 107 Å². The van der Waals surface area contributed by atoms with Crippen LogP contribution in [0.15, 0.2) is 70.8 Å². The Morgan fingerprint density at radius 2 is 1.77 bits per heavy atom. The van der Waals surface area contributed by atoms with Crippen molar-refractivity contribution in [3.63, 3.8) is 0 Å². The van der Waals surface area contributed by atoms with Crippen molar-refractivity contribution in [3.8, 4) is 0 Å². The van der Waals surface area contributed by atoms with Gasteiger partial charge in [0.05, 0.1) is 16.1 Å². The van der Waals surface area contributed by atoms with Crippen LogP contribution in [0.2, 0.25) is 0 Å². The van der Waals surface area contributed by atoms with Crippen LogP contribution in [-0.4, -0.2) is 24.1 Å². The summed E-state index contributed by atoms with van der Waals surface area (Å²) in [4.78, 5) is 11.2. The van der Waals surface area contributed by atoms with E-state index >= 15 is 0 Å². The Kier molecular flexibility index (Phi) is 4.77. The molecule has 0 spiro atoms. The predicted octanol–water partition coefficient (Wildman–Crippen LogP) is 2.66. The van der Waals surface area contributed by atoms with Gasteiger partial charge < -0.3 is 5.73 Å². The highest BCUT2D eigenvalue weighted by Crippen LogP contribution is 2.27. The average Bonchev–Trinajstić information content (AvgIpc) is 3.03. The smallest absolute Gasteiger partial charge is 0.332 e. The molecule has 26 heavy (non-hydrogen) atoms. The number of amides is 2. The Bertz CT molecular complexity index is 1090. The maximum Gasteiger partial charge on any atom is 0.332 e. The maximum atomic E-state index is 13.1. The van der Waals surface area contributed by atoms with Crippen LogP contribution in [-0.2, 0) is 10.0 Å². The largest absolute Gasteiger partial charge is 0.350 e. The van der Waals surface area contributed by atoms with Crippen LogP contribution in [0.25, 0.3) is 10.9 Å². The summed E-state index contributed by atoms with van der Waals surface area (Å²) in [5, 5.41) is 4.74. The molecule has 134 valence electrons. The molecule has 0 radical (unpaired) electrons. The maximum absolute atomic E-state index is 13.1. The second-order valence-corrected chi connectivity index (χ2v) is 7.38. The molecule has 1 heterocycles. The lowest BCUT2D eigenvalue weighted by Crippen LogP contribution is -2.25. The molecule has 2 aromatic carbocycles. The number of urea groups is 1. The second kappa shape index (κ2) is 7.01. The third-order valence-electron chi connectivity index (χ3n) is 3.92. The minimum Gasteiger partial charge on any atom is -0.350 e. The zero-order valence-corrected chi connectivity index (χ0v) is 14.9. The monoisotopic (exact) mass is 370 g/mol. The lowest BCUT2D eigenvalue weighted by molar-refractivity contribution is 0.249. The molecule has 0 saturated carbocycles. The van der Waals surface area contributed by atoms with Gasteiger partial charge in [-0.3, -0.25) is 0 Å². The fourth-order valence-electron chi connectivity index (χ4n) is 2.74. The summed E-state index contributed by atoms with van der Waals surface area (Å²) in [7, 11) is -3.77. The SMILES string of the molecule is CC/C(=N/NC(N)=O)c1cn(S(=O)(=O)c2ccccc2)c2ccccc12. The first-order valence-corrected chi connectivity index (χ1v) is 9.42. The number of benzene rings is 2. The van der Waals surface area contributed by atoms with Crippen LogP contribution >= 0.6 is 0 Å². The molecule has 0 bridgehead atoms. The first-order valence-electron chi connectivity index (χ1n) is 7.98. The number of aromatic nitrogens is 1. The first-order chi connectivity index (χ1) is 12.4. The van der Waals surface area contributed by atoms with E-state index in [4.69, 9.17) is 5.73 Å². The Labute approximate surface area is 151 Å². The van der Waals surface area contributed by atoms with Crippen molar-refractivity contribution >= 4 is 32.7 Å². The number of primary amides is 1. The fourth-order valence-corrected chi connectivity index (χ4v) is 4.13. The van der Waals surface area contributed by atoms with Gasteiger partial charge in [0.15, 0.2) is 0 Å². The number of hydrazone groups is 1. The van der Waals surface area contributed by atoms with Crippen LogP contribution in [0, 0.1) is 0 Å². The minimum absolute atomic E-state index is 0.192. The molecular weight excluding hydrogens is 352 g/mol. The van der Waals surface area contributed by atoms with Crippen molar-refractivity contribution in [3.05, 3.63) is 66.4 Å². The molecule has 7 nitrogen and oxygen atoms in total. The zero-order chi connectivity index (χ0) is 18.7. The minimum atomic E-state index is -3.77. The number of hydrogen-bond donors (Lipinski definition) is 2. The third kappa shape index (κ3) is 3.18. The van der Waals surface area contributed by atoms with E-state index in [1.807, 2.05) is 19.1 Å². The van der Waals surface area contributed by atoms with Crippen molar-refractivity contribution in [2.24, 2.45) is 10.8 Å². The van der Waals surface area contributed by atoms with E-state index in [0.29, 0.717) is 23.2 Å². The van der Waals surface area contributed by atoms with E-state index in [1.165, 1.54) is 10.2 Å². The van der Waals surface area contributed by atoms with Gasteiger partial charge in [-0.25, -0.2) is 22.6 Å². The van der Waals surface area contributed by atoms with Gasteiger partial charge in [-0.1, -0.05) is 43.3 Å². The molecule has 3 rings (SSSR count). The van der Waals surface area contributed by atoms with Crippen LogP contribution in [0.4, 0.5) is 4.79 Å². The lowest BCUT2D eigenvalue weighted by atomic mass is 10.1. The number of carbonyl (C=O) groups excluding carboxylic acids is 1. The molecule has 0 saturated heterocycles. The summed E-state index contributed by atoms with van der Waals surface area (Å²) >= 11 is 0. The Balaban J connectivity index is 2.23. The number of carbonyl (C=O) groups is 1. The molecule has 0 aliphatic carbocycles. The average molecular weight is 370 g/mol. The molecule has 0 unspecified atom stereocenters. The summed E-state index contributed by atoms with van der Waals surface area (Å²) in [6.07, 6.45) is 2.01. The highest BCUT2D eigenvalue weighted by molar-refractivity contribution is 7.90. The van der Waals surface area contributed by atoms with E-state index in [0.717, 1.165) is 5.39 Å². The number of nitrogens with one attached hydrogen (secondary N) is 1. The fraction of sp³-hybridized carbons (Fsp3) is 0.111. The van der Waals surface area contributed by atoms with E-state index in [2.05, 4.69) is 10.5 Å². The van der Waals surface area contributed by atoms with E-state index in [1.54, 1.807) is 42.5 Å². The van der Waals surface area contributed by atoms with Crippen LogP contribution in [0.1, 0.15) is 18.9 Å². The predicted molar refractivity (Wildman–Crippen MR) is 101 cm³/mol. The van der Waals surface area contributed by atoms with Gasteiger partial charge in [0.2, 0.25) is 0 Å². The highest BCUT2D eigenvalue weighted by atomic mass is 32.2. The number of hydrogen-bond acceptors (Lipinski definition) is 4. The molecule has 0 aliphatic rings. The molecular formula is C18H18N4O3S. The molecule has 8 heteroatoms.